The average molecular weight is 385 g/mol. The number of hydrogen-bond donors (Lipinski definition) is 2. The van der Waals surface area contributed by atoms with Gasteiger partial charge in [0.05, 0.1) is 6.54 Å². The standard InChI is InChI=1S/C20H20FN3O2S/c1-12-4-3-5-13(2)18(12)23-17(25)10-16-19(26)24-20(27-16)22-11-14-6-8-15(21)9-7-14/h3-9,16H,10-11H2,1-2H3,(H,23,25)(H,22,24,26)/t16-/m1/s1. The van der Waals surface area contributed by atoms with Crippen molar-refractivity contribution in [2.75, 3.05) is 5.32 Å². The molecule has 27 heavy (non-hydrogen) atoms. The third-order valence-corrected chi connectivity index (χ3v) is 5.33. The second-order valence-electron chi connectivity index (χ2n) is 6.36. The van der Waals surface area contributed by atoms with Crippen LogP contribution < -0.4 is 10.6 Å². The molecule has 0 aliphatic carbocycles. The molecule has 0 aromatic heterocycles. The fourth-order valence-electron chi connectivity index (χ4n) is 2.74. The highest BCUT2D eigenvalue weighted by Gasteiger charge is 2.32. The Labute approximate surface area is 161 Å². The number of carbonyl (C=O) groups is 2. The molecule has 3 rings (SSSR count). The Morgan fingerprint density at radius 3 is 2.52 bits per heavy atom. The van der Waals surface area contributed by atoms with Gasteiger partial charge in [-0.2, -0.15) is 0 Å². The monoisotopic (exact) mass is 385 g/mol. The molecule has 0 spiro atoms. The fourth-order valence-corrected chi connectivity index (χ4v) is 3.71. The molecule has 0 saturated carbocycles. The van der Waals surface area contributed by atoms with E-state index in [4.69, 9.17) is 0 Å². The molecule has 1 atom stereocenters. The van der Waals surface area contributed by atoms with E-state index in [1.807, 2.05) is 32.0 Å². The number of amides is 2. The Bertz CT molecular complexity index is 876. The second kappa shape index (κ2) is 8.35. The van der Waals surface area contributed by atoms with Crippen LogP contribution in [0.2, 0.25) is 0 Å². The maximum Gasteiger partial charge on any atom is 0.240 e. The lowest BCUT2D eigenvalue weighted by Gasteiger charge is -2.12. The molecule has 2 amide bonds. The first-order valence-corrected chi connectivity index (χ1v) is 9.43. The summed E-state index contributed by atoms with van der Waals surface area (Å²) in [6.45, 7) is 4.20. The zero-order valence-electron chi connectivity index (χ0n) is 15.1. The smallest absolute Gasteiger partial charge is 0.240 e. The van der Waals surface area contributed by atoms with Crippen molar-refractivity contribution in [2.24, 2.45) is 4.99 Å². The number of nitrogens with one attached hydrogen (secondary N) is 2. The van der Waals surface area contributed by atoms with Gasteiger partial charge in [-0.25, -0.2) is 4.39 Å². The Morgan fingerprint density at radius 1 is 1.19 bits per heavy atom. The van der Waals surface area contributed by atoms with Gasteiger partial charge in [0, 0.05) is 12.1 Å². The molecule has 2 aromatic carbocycles. The van der Waals surface area contributed by atoms with Gasteiger partial charge in [-0.05, 0) is 42.7 Å². The van der Waals surface area contributed by atoms with Crippen LogP contribution in [0.3, 0.4) is 0 Å². The summed E-state index contributed by atoms with van der Waals surface area (Å²) in [5.41, 5.74) is 3.59. The van der Waals surface area contributed by atoms with E-state index >= 15 is 0 Å². The van der Waals surface area contributed by atoms with Gasteiger partial charge in [0.1, 0.15) is 11.1 Å². The molecule has 0 bridgehead atoms. The third kappa shape index (κ3) is 4.95. The predicted octanol–water partition coefficient (Wildman–Crippen LogP) is 3.56. The lowest BCUT2D eigenvalue weighted by Crippen LogP contribution is -2.28. The molecule has 7 heteroatoms. The number of anilines is 1. The summed E-state index contributed by atoms with van der Waals surface area (Å²) < 4.78 is 12.9. The van der Waals surface area contributed by atoms with E-state index in [1.54, 1.807) is 12.1 Å². The Balaban J connectivity index is 1.58. The van der Waals surface area contributed by atoms with Crippen LogP contribution in [0.5, 0.6) is 0 Å². The average Bonchev–Trinajstić information content (AvgIpc) is 2.97. The number of thioether (sulfide) groups is 1. The van der Waals surface area contributed by atoms with Crippen molar-refractivity contribution in [3.05, 3.63) is 65.0 Å². The van der Waals surface area contributed by atoms with Crippen molar-refractivity contribution in [2.45, 2.75) is 32.1 Å². The number of carbonyl (C=O) groups excluding carboxylic acids is 2. The molecule has 5 nitrogen and oxygen atoms in total. The first kappa shape index (κ1) is 19.1. The number of nitrogens with zero attached hydrogens (tertiary/aromatic N) is 1. The van der Waals surface area contributed by atoms with Crippen LogP contribution in [-0.2, 0) is 16.1 Å². The maximum atomic E-state index is 12.9. The van der Waals surface area contributed by atoms with Gasteiger partial charge in [-0.1, -0.05) is 42.1 Å². The third-order valence-electron chi connectivity index (χ3n) is 4.21. The van der Waals surface area contributed by atoms with Crippen molar-refractivity contribution in [3.8, 4) is 0 Å². The molecule has 2 aromatic rings. The van der Waals surface area contributed by atoms with Crippen LogP contribution in [-0.4, -0.2) is 22.2 Å². The molecular formula is C20H20FN3O2S. The minimum Gasteiger partial charge on any atom is -0.326 e. The number of benzene rings is 2. The fraction of sp³-hybridized carbons (Fsp3) is 0.250. The molecule has 0 radical (unpaired) electrons. The molecular weight excluding hydrogens is 365 g/mol. The summed E-state index contributed by atoms with van der Waals surface area (Å²) in [6, 6.07) is 11.8. The molecule has 1 saturated heterocycles. The SMILES string of the molecule is Cc1cccc(C)c1NC(=O)C[C@H]1SC(=NCc2ccc(F)cc2)NC1=O. The molecule has 1 aliphatic rings. The van der Waals surface area contributed by atoms with E-state index in [1.165, 1.54) is 23.9 Å². The largest absolute Gasteiger partial charge is 0.326 e. The van der Waals surface area contributed by atoms with Gasteiger partial charge in [-0.3, -0.25) is 14.6 Å². The van der Waals surface area contributed by atoms with E-state index in [9.17, 15) is 14.0 Å². The highest BCUT2D eigenvalue weighted by Crippen LogP contribution is 2.25. The lowest BCUT2D eigenvalue weighted by atomic mass is 10.1. The summed E-state index contributed by atoms with van der Waals surface area (Å²) in [4.78, 5) is 28.8. The van der Waals surface area contributed by atoms with E-state index in [2.05, 4.69) is 15.6 Å². The van der Waals surface area contributed by atoms with Crippen molar-refractivity contribution in [3.63, 3.8) is 0 Å². The number of aryl methyl sites for hydroxylation is 2. The highest BCUT2D eigenvalue weighted by molar-refractivity contribution is 8.15. The van der Waals surface area contributed by atoms with Crippen LogP contribution in [0.15, 0.2) is 47.5 Å². The summed E-state index contributed by atoms with van der Waals surface area (Å²) in [5.74, 6) is -0.737. The topological polar surface area (TPSA) is 70.6 Å². The van der Waals surface area contributed by atoms with Crippen LogP contribution in [0, 0.1) is 19.7 Å². The van der Waals surface area contributed by atoms with Gasteiger partial charge >= 0.3 is 0 Å². The minimum absolute atomic E-state index is 0.0693. The van der Waals surface area contributed by atoms with E-state index in [0.717, 1.165) is 22.4 Å². The highest BCUT2D eigenvalue weighted by atomic mass is 32.2. The van der Waals surface area contributed by atoms with E-state index in [-0.39, 0.29) is 24.1 Å². The van der Waals surface area contributed by atoms with Gasteiger partial charge in [0.25, 0.3) is 0 Å². The Kier molecular flexibility index (Phi) is 5.91. The van der Waals surface area contributed by atoms with Crippen molar-refractivity contribution >= 4 is 34.4 Å². The van der Waals surface area contributed by atoms with E-state index < -0.39 is 5.25 Å². The van der Waals surface area contributed by atoms with Gasteiger partial charge < -0.3 is 10.6 Å². The number of hydrogen-bond acceptors (Lipinski definition) is 4. The summed E-state index contributed by atoms with van der Waals surface area (Å²) in [6.07, 6.45) is 0.0693. The number of rotatable bonds is 5. The number of halogens is 1. The first-order chi connectivity index (χ1) is 12.9. The van der Waals surface area contributed by atoms with Gasteiger partial charge in [0.2, 0.25) is 11.8 Å². The lowest BCUT2D eigenvalue weighted by molar-refractivity contribution is -0.122. The van der Waals surface area contributed by atoms with Crippen LogP contribution in [0.25, 0.3) is 0 Å². The van der Waals surface area contributed by atoms with Crippen molar-refractivity contribution < 1.29 is 14.0 Å². The Hall–Kier alpha value is -2.67. The summed E-state index contributed by atoms with van der Waals surface area (Å²) >= 11 is 1.24. The van der Waals surface area contributed by atoms with Crippen LogP contribution >= 0.6 is 11.8 Å². The maximum absolute atomic E-state index is 12.9. The van der Waals surface area contributed by atoms with Crippen LogP contribution in [0.4, 0.5) is 10.1 Å². The van der Waals surface area contributed by atoms with E-state index in [0.29, 0.717) is 11.7 Å². The minimum atomic E-state index is -0.513. The molecule has 1 heterocycles. The van der Waals surface area contributed by atoms with Crippen molar-refractivity contribution in [1.82, 2.24) is 5.32 Å². The van der Waals surface area contributed by atoms with Crippen molar-refractivity contribution in [1.29, 1.82) is 0 Å². The molecule has 0 unspecified atom stereocenters. The zero-order valence-corrected chi connectivity index (χ0v) is 15.9. The van der Waals surface area contributed by atoms with Gasteiger partial charge in [-0.15, -0.1) is 0 Å². The first-order valence-electron chi connectivity index (χ1n) is 8.55. The second-order valence-corrected chi connectivity index (χ2v) is 7.55. The zero-order chi connectivity index (χ0) is 19.4. The predicted molar refractivity (Wildman–Crippen MR) is 106 cm³/mol. The Morgan fingerprint density at radius 2 is 1.85 bits per heavy atom. The summed E-state index contributed by atoms with van der Waals surface area (Å²) in [7, 11) is 0. The summed E-state index contributed by atoms with van der Waals surface area (Å²) in [5, 5.41) is 5.56. The molecule has 1 fully saturated rings. The van der Waals surface area contributed by atoms with Crippen LogP contribution in [0.1, 0.15) is 23.1 Å². The number of para-hydroxylation sites is 1. The number of aliphatic imine (C=N–C) groups is 1. The normalized spacial score (nSPS) is 17.8. The molecule has 2 N–H and O–H groups in total. The van der Waals surface area contributed by atoms with Gasteiger partial charge in [0.15, 0.2) is 5.17 Å². The molecule has 1 aliphatic heterocycles. The number of amidine groups is 1. The quantitative estimate of drug-likeness (QED) is 0.827. The molecule has 140 valence electrons.